The Hall–Kier alpha value is -2.51. The Morgan fingerprint density at radius 1 is 1.36 bits per heavy atom. The second-order valence-corrected chi connectivity index (χ2v) is 5.02. The molecule has 0 saturated carbocycles. The maximum atomic E-state index is 13.9. The average Bonchev–Trinajstić information content (AvgIpc) is 2.63. The molecule has 0 aromatic heterocycles. The lowest BCUT2D eigenvalue weighted by atomic mass is 9.91. The van der Waals surface area contributed by atoms with Gasteiger partial charge in [0, 0.05) is 18.2 Å². The van der Waals surface area contributed by atoms with Crippen molar-refractivity contribution in [1.29, 1.82) is 0 Å². The number of halogens is 2. The third kappa shape index (κ3) is 2.63. The van der Waals surface area contributed by atoms with E-state index >= 15 is 0 Å². The molecule has 1 saturated heterocycles. The first kappa shape index (κ1) is 15.9. The van der Waals surface area contributed by atoms with E-state index in [1.807, 2.05) is 0 Å². The monoisotopic (exact) mass is 311 g/mol. The Morgan fingerprint density at radius 3 is 2.64 bits per heavy atom. The molecular formula is C14H15F2N3O3. The number of nitrogens with one attached hydrogen (secondary N) is 2. The van der Waals surface area contributed by atoms with E-state index < -0.39 is 41.6 Å². The van der Waals surface area contributed by atoms with Crippen molar-refractivity contribution in [2.75, 3.05) is 13.1 Å². The van der Waals surface area contributed by atoms with Crippen molar-refractivity contribution in [1.82, 2.24) is 15.5 Å². The molecule has 1 aromatic carbocycles. The van der Waals surface area contributed by atoms with E-state index in [9.17, 15) is 23.2 Å². The highest BCUT2D eigenvalue weighted by molar-refractivity contribution is 6.09. The van der Waals surface area contributed by atoms with Crippen LogP contribution < -0.4 is 10.6 Å². The van der Waals surface area contributed by atoms with Crippen LogP contribution in [0.2, 0.25) is 0 Å². The molecule has 0 aliphatic carbocycles. The fourth-order valence-corrected chi connectivity index (χ4v) is 2.31. The minimum absolute atomic E-state index is 0.161. The second kappa shape index (κ2) is 5.70. The molecular weight excluding hydrogens is 296 g/mol. The maximum absolute atomic E-state index is 13.9. The summed E-state index contributed by atoms with van der Waals surface area (Å²) < 4.78 is 26.9. The Kier molecular flexibility index (Phi) is 4.11. The summed E-state index contributed by atoms with van der Waals surface area (Å²) in [7, 11) is 0. The minimum Gasteiger partial charge on any atom is -0.355 e. The summed E-state index contributed by atoms with van der Waals surface area (Å²) in [4.78, 5) is 36.6. The molecule has 8 heteroatoms. The van der Waals surface area contributed by atoms with Crippen LogP contribution in [0.3, 0.4) is 0 Å². The van der Waals surface area contributed by atoms with Crippen LogP contribution in [0.1, 0.15) is 19.4 Å². The molecule has 0 spiro atoms. The molecule has 1 unspecified atom stereocenters. The third-order valence-corrected chi connectivity index (χ3v) is 3.42. The molecule has 22 heavy (non-hydrogen) atoms. The lowest BCUT2D eigenvalue weighted by Crippen LogP contribution is -2.43. The van der Waals surface area contributed by atoms with Crippen molar-refractivity contribution in [3.05, 3.63) is 35.4 Å². The van der Waals surface area contributed by atoms with Crippen molar-refractivity contribution >= 4 is 17.8 Å². The normalized spacial score (nSPS) is 21.0. The molecule has 1 aromatic rings. The lowest BCUT2D eigenvalue weighted by molar-refractivity contribution is -0.134. The Bertz CT molecular complexity index is 650. The molecule has 1 atom stereocenters. The van der Waals surface area contributed by atoms with Gasteiger partial charge in [-0.2, -0.15) is 0 Å². The Morgan fingerprint density at radius 2 is 2.05 bits per heavy atom. The van der Waals surface area contributed by atoms with Gasteiger partial charge in [0.2, 0.25) is 5.91 Å². The largest absolute Gasteiger partial charge is 0.355 e. The van der Waals surface area contributed by atoms with Gasteiger partial charge in [0.15, 0.2) is 0 Å². The van der Waals surface area contributed by atoms with E-state index in [-0.39, 0.29) is 5.56 Å². The van der Waals surface area contributed by atoms with Gasteiger partial charge in [0.1, 0.15) is 23.7 Å². The summed E-state index contributed by atoms with van der Waals surface area (Å²) in [6, 6.07) is 1.92. The van der Waals surface area contributed by atoms with Gasteiger partial charge in [-0.1, -0.05) is 6.07 Å². The van der Waals surface area contributed by atoms with E-state index in [0.29, 0.717) is 17.5 Å². The molecule has 0 radical (unpaired) electrons. The van der Waals surface area contributed by atoms with Gasteiger partial charge in [0.25, 0.3) is 5.91 Å². The lowest BCUT2D eigenvalue weighted by Gasteiger charge is -2.22. The first-order chi connectivity index (χ1) is 10.3. The predicted octanol–water partition coefficient (Wildman–Crippen LogP) is 0.868. The first-order valence-electron chi connectivity index (χ1n) is 6.66. The predicted molar refractivity (Wildman–Crippen MR) is 72.6 cm³/mol. The standard InChI is InChI=1S/C14H15F2N3O3/c1-3-17-11(20)7-19-12(21)14(2,18-13(19)22)9-5-4-8(15)6-10(9)16/h4-6H,3,7H2,1-2H3,(H,17,20)(H,18,22). The van der Waals surface area contributed by atoms with E-state index in [4.69, 9.17) is 0 Å². The number of carbonyl (C=O) groups excluding carboxylic acids is 3. The second-order valence-electron chi connectivity index (χ2n) is 5.02. The summed E-state index contributed by atoms with van der Waals surface area (Å²) in [6.07, 6.45) is 0. The van der Waals surface area contributed by atoms with Gasteiger partial charge in [-0.25, -0.2) is 13.6 Å². The number of nitrogens with zero attached hydrogens (tertiary/aromatic N) is 1. The zero-order valence-corrected chi connectivity index (χ0v) is 12.1. The van der Waals surface area contributed by atoms with Crippen LogP contribution in [-0.2, 0) is 15.1 Å². The minimum atomic E-state index is -1.68. The smallest absolute Gasteiger partial charge is 0.325 e. The fraction of sp³-hybridized carbons (Fsp3) is 0.357. The molecule has 1 aliphatic rings. The number of amides is 4. The number of rotatable bonds is 4. The quantitative estimate of drug-likeness (QED) is 0.810. The number of carbonyl (C=O) groups is 3. The van der Waals surface area contributed by atoms with Gasteiger partial charge in [-0.05, 0) is 19.9 Å². The number of urea groups is 1. The highest BCUT2D eigenvalue weighted by Crippen LogP contribution is 2.30. The highest BCUT2D eigenvalue weighted by atomic mass is 19.1. The highest BCUT2D eigenvalue weighted by Gasteiger charge is 2.50. The zero-order chi connectivity index (χ0) is 16.5. The van der Waals surface area contributed by atoms with Crippen LogP contribution >= 0.6 is 0 Å². The van der Waals surface area contributed by atoms with Crippen LogP contribution in [0.25, 0.3) is 0 Å². The van der Waals surface area contributed by atoms with Gasteiger partial charge in [0.05, 0.1) is 0 Å². The van der Waals surface area contributed by atoms with Gasteiger partial charge < -0.3 is 10.6 Å². The first-order valence-corrected chi connectivity index (χ1v) is 6.66. The topological polar surface area (TPSA) is 78.5 Å². The molecule has 2 rings (SSSR count). The SMILES string of the molecule is CCNC(=O)CN1C(=O)NC(C)(c2ccc(F)cc2F)C1=O. The number of imide groups is 1. The van der Waals surface area contributed by atoms with Crippen LogP contribution in [0.5, 0.6) is 0 Å². The molecule has 4 amide bonds. The molecule has 6 nitrogen and oxygen atoms in total. The molecule has 118 valence electrons. The fourth-order valence-electron chi connectivity index (χ4n) is 2.31. The van der Waals surface area contributed by atoms with Gasteiger partial charge >= 0.3 is 6.03 Å². The van der Waals surface area contributed by atoms with Crippen molar-refractivity contribution in [3.63, 3.8) is 0 Å². The molecule has 0 bridgehead atoms. The average molecular weight is 311 g/mol. The summed E-state index contributed by atoms with van der Waals surface area (Å²) >= 11 is 0. The molecule has 1 heterocycles. The van der Waals surface area contributed by atoms with Gasteiger partial charge in [-0.15, -0.1) is 0 Å². The number of likely N-dealkylation sites (N-methyl/N-ethyl adjacent to an activating group) is 1. The van der Waals surface area contributed by atoms with E-state index in [2.05, 4.69) is 10.6 Å². The summed E-state index contributed by atoms with van der Waals surface area (Å²) in [5.41, 5.74) is -1.84. The van der Waals surface area contributed by atoms with E-state index in [1.54, 1.807) is 6.92 Å². The summed E-state index contributed by atoms with van der Waals surface area (Å²) in [5, 5.41) is 4.81. The van der Waals surface area contributed by atoms with Gasteiger partial charge in [-0.3, -0.25) is 14.5 Å². The zero-order valence-electron chi connectivity index (χ0n) is 12.1. The molecule has 1 fully saturated rings. The van der Waals surface area contributed by atoms with Crippen molar-refractivity contribution in [2.45, 2.75) is 19.4 Å². The van der Waals surface area contributed by atoms with E-state index in [1.165, 1.54) is 6.92 Å². The summed E-state index contributed by atoms with van der Waals surface area (Å²) in [5.74, 6) is -3.01. The summed E-state index contributed by atoms with van der Waals surface area (Å²) in [6.45, 7) is 2.90. The van der Waals surface area contributed by atoms with Crippen LogP contribution in [0, 0.1) is 11.6 Å². The van der Waals surface area contributed by atoms with Crippen molar-refractivity contribution < 1.29 is 23.2 Å². The maximum Gasteiger partial charge on any atom is 0.325 e. The van der Waals surface area contributed by atoms with Crippen LogP contribution in [0.15, 0.2) is 18.2 Å². The van der Waals surface area contributed by atoms with Crippen LogP contribution in [0.4, 0.5) is 13.6 Å². The third-order valence-electron chi connectivity index (χ3n) is 3.42. The number of hydrogen-bond donors (Lipinski definition) is 2. The number of hydrogen-bond acceptors (Lipinski definition) is 3. The molecule has 2 N–H and O–H groups in total. The van der Waals surface area contributed by atoms with Crippen molar-refractivity contribution in [3.8, 4) is 0 Å². The van der Waals surface area contributed by atoms with Crippen molar-refractivity contribution in [2.24, 2.45) is 0 Å². The van der Waals surface area contributed by atoms with Crippen LogP contribution in [-0.4, -0.2) is 35.8 Å². The Labute approximate surface area is 125 Å². The Balaban J connectivity index is 2.31. The van der Waals surface area contributed by atoms with E-state index in [0.717, 1.165) is 12.1 Å². The number of benzene rings is 1. The molecule has 1 aliphatic heterocycles.